The van der Waals surface area contributed by atoms with Gasteiger partial charge in [0.15, 0.2) is 11.5 Å². The van der Waals surface area contributed by atoms with Crippen LogP contribution in [-0.2, 0) is 0 Å². The summed E-state index contributed by atoms with van der Waals surface area (Å²) >= 11 is 0. The largest absolute Gasteiger partial charge is 0.421 e. The second kappa shape index (κ2) is 8.39. The van der Waals surface area contributed by atoms with Gasteiger partial charge in [0.05, 0.1) is 5.69 Å². The maximum atomic E-state index is 12.5. The predicted molar refractivity (Wildman–Crippen MR) is 110 cm³/mol. The Morgan fingerprint density at radius 1 is 1.00 bits per heavy atom. The number of carbonyl (C=O) groups excluding carboxylic acids is 2. The van der Waals surface area contributed by atoms with Crippen LogP contribution in [0.1, 0.15) is 30.6 Å². The lowest BCUT2D eigenvalue weighted by Crippen LogP contribution is -2.24. The molecule has 0 spiro atoms. The Balaban J connectivity index is 1.91. The molecule has 0 aliphatic carbocycles. The van der Waals surface area contributed by atoms with E-state index in [-0.39, 0.29) is 11.5 Å². The molecule has 0 fully saturated rings. The third-order valence-electron chi connectivity index (χ3n) is 4.13. The van der Waals surface area contributed by atoms with Gasteiger partial charge >= 0.3 is 11.7 Å². The first-order chi connectivity index (χ1) is 13.5. The minimum absolute atomic E-state index is 0.0346. The smallest absolute Gasteiger partial charge is 0.362 e. The second-order valence-corrected chi connectivity index (χ2v) is 6.28. The molecule has 144 valence electrons. The summed E-state index contributed by atoms with van der Waals surface area (Å²) in [6.45, 7) is 4.08. The number of nitrogens with one attached hydrogen (secondary N) is 3. The third-order valence-corrected chi connectivity index (χ3v) is 4.13. The first kappa shape index (κ1) is 19.2. The van der Waals surface area contributed by atoms with E-state index in [0.29, 0.717) is 34.5 Å². The molecule has 0 atom stereocenters. The summed E-state index contributed by atoms with van der Waals surface area (Å²) in [6.07, 6.45) is 0.845. The number of para-hydroxylation sites is 1. The normalized spacial score (nSPS) is 10.5. The molecule has 2 amide bonds. The summed E-state index contributed by atoms with van der Waals surface area (Å²) in [5, 5.41) is 9.10. The number of hydrogen-bond donors (Lipinski definition) is 3. The molecule has 3 rings (SSSR count). The molecule has 1 aromatic heterocycles. The summed E-state index contributed by atoms with van der Waals surface area (Å²) in [5.74, 6) is -0.106. The van der Waals surface area contributed by atoms with Gasteiger partial charge in [0.1, 0.15) is 5.58 Å². The number of urea groups is 1. The molecule has 0 saturated carbocycles. The van der Waals surface area contributed by atoms with Crippen LogP contribution in [0.15, 0.2) is 57.7 Å². The molecule has 3 N–H and O–H groups in total. The van der Waals surface area contributed by atoms with Crippen molar-refractivity contribution in [1.82, 2.24) is 0 Å². The topological polar surface area (TPSA) is 100 Å². The summed E-state index contributed by atoms with van der Waals surface area (Å²) < 4.78 is 5.33. The summed E-state index contributed by atoms with van der Waals surface area (Å²) in [5.41, 5.74) is 1.26. The predicted octanol–water partition coefficient (Wildman–Crippen LogP) is 4.46. The van der Waals surface area contributed by atoms with E-state index in [1.54, 1.807) is 36.4 Å². The van der Waals surface area contributed by atoms with Gasteiger partial charge < -0.3 is 15.1 Å². The Kier molecular flexibility index (Phi) is 5.74. The molecule has 2 aromatic carbocycles. The molecule has 0 aliphatic rings. The van der Waals surface area contributed by atoms with E-state index >= 15 is 0 Å². The lowest BCUT2D eigenvalue weighted by Gasteiger charge is -2.14. The Morgan fingerprint density at radius 3 is 2.54 bits per heavy atom. The van der Waals surface area contributed by atoms with E-state index in [2.05, 4.69) is 16.0 Å². The highest BCUT2D eigenvalue weighted by Gasteiger charge is 2.17. The lowest BCUT2D eigenvalue weighted by molar-refractivity contribution is 0.101. The Labute approximate surface area is 161 Å². The standard InChI is InChI=1S/C21H21N3O4/c1-3-11-22-18-16-9-4-5-10-17(16)28-20(26)19(18)24-21(27)23-15-8-6-7-14(12-15)13(2)25/h4-10,12,22H,3,11H2,1-2H3,(H2,23,24,27). The monoisotopic (exact) mass is 379 g/mol. The van der Waals surface area contributed by atoms with Crippen LogP contribution >= 0.6 is 0 Å². The summed E-state index contributed by atoms with van der Waals surface area (Å²) in [7, 11) is 0. The Morgan fingerprint density at radius 2 is 1.79 bits per heavy atom. The fourth-order valence-electron chi connectivity index (χ4n) is 2.79. The fraction of sp³-hybridized carbons (Fsp3) is 0.190. The van der Waals surface area contributed by atoms with Gasteiger partial charge in [-0.15, -0.1) is 0 Å². The van der Waals surface area contributed by atoms with Gasteiger partial charge in [-0.25, -0.2) is 9.59 Å². The van der Waals surface area contributed by atoms with Crippen LogP contribution in [0, 0.1) is 0 Å². The first-order valence-electron chi connectivity index (χ1n) is 8.98. The van der Waals surface area contributed by atoms with Crippen molar-refractivity contribution in [3.8, 4) is 0 Å². The number of amides is 2. The van der Waals surface area contributed by atoms with Crippen LogP contribution in [0.2, 0.25) is 0 Å². The van der Waals surface area contributed by atoms with Gasteiger partial charge in [-0.05, 0) is 37.6 Å². The first-order valence-corrected chi connectivity index (χ1v) is 8.98. The van der Waals surface area contributed by atoms with Gasteiger partial charge in [-0.2, -0.15) is 0 Å². The van der Waals surface area contributed by atoms with Crippen molar-refractivity contribution < 1.29 is 14.0 Å². The van der Waals surface area contributed by atoms with E-state index in [0.717, 1.165) is 6.42 Å². The molecule has 1 heterocycles. The number of carbonyl (C=O) groups is 2. The van der Waals surface area contributed by atoms with Crippen molar-refractivity contribution in [3.05, 3.63) is 64.5 Å². The van der Waals surface area contributed by atoms with Crippen molar-refractivity contribution in [2.24, 2.45) is 0 Å². The molecule has 28 heavy (non-hydrogen) atoms. The van der Waals surface area contributed by atoms with Gasteiger partial charge in [0.2, 0.25) is 0 Å². The highest BCUT2D eigenvalue weighted by molar-refractivity contribution is 6.06. The average molecular weight is 379 g/mol. The molecule has 7 heteroatoms. The van der Waals surface area contributed by atoms with Crippen molar-refractivity contribution in [2.75, 3.05) is 22.5 Å². The van der Waals surface area contributed by atoms with Crippen LogP contribution in [-0.4, -0.2) is 18.4 Å². The van der Waals surface area contributed by atoms with E-state index in [9.17, 15) is 14.4 Å². The SMILES string of the molecule is CCCNc1c(NC(=O)Nc2cccc(C(C)=O)c2)c(=O)oc2ccccc12. The van der Waals surface area contributed by atoms with Gasteiger partial charge in [0.25, 0.3) is 0 Å². The van der Waals surface area contributed by atoms with Crippen molar-refractivity contribution >= 4 is 39.8 Å². The van der Waals surface area contributed by atoms with Crippen molar-refractivity contribution in [3.63, 3.8) is 0 Å². The molecule has 0 saturated heterocycles. The highest BCUT2D eigenvalue weighted by atomic mass is 16.4. The van der Waals surface area contributed by atoms with Crippen LogP contribution in [0.5, 0.6) is 0 Å². The second-order valence-electron chi connectivity index (χ2n) is 6.28. The third kappa shape index (κ3) is 4.20. The lowest BCUT2D eigenvalue weighted by atomic mass is 10.1. The number of benzene rings is 2. The molecule has 0 aliphatic heterocycles. The zero-order valence-electron chi connectivity index (χ0n) is 15.7. The van der Waals surface area contributed by atoms with Gasteiger partial charge in [0, 0.05) is 23.2 Å². The minimum atomic E-state index is -0.648. The zero-order chi connectivity index (χ0) is 20.1. The Bertz CT molecular complexity index is 1090. The number of fused-ring (bicyclic) bond motifs is 1. The van der Waals surface area contributed by atoms with Crippen molar-refractivity contribution in [1.29, 1.82) is 0 Å². The molecule has 0 unspecified atom stereocenters. The van der Waals surface area contributed by atoms with E-state index in [4.69, 9.17) is 4.42 Å². The van der Waals surface area contributed by atoms with Crippen LogP contribution in [0.3, 0.4) is 0 Å². The maximum Gasteiger partial charge on any atom is 0.362 e. The summed E-state index contributed by atoms with van der Waals surface area (Å²) in [4.78, 5) is 36.4. The quantitative estimate of drug-likeness (QED) is 0.434. The van der Waals surface area contributed by atoms with E-state index in [1.165, 1.54) is 6.92 Å². The van der Waals surface area contributed by atoms with Gasteiger partial charge in [-0.3, -0.25) is 10.1 Å². The van der Waals surface area contributed by atoms with E-state index < -0.39 is 11.7 Å². The minimum Gasteiger partial charge on any atom is -0.421 e. The van der Waals surface area contributed by atoms with E-state index in [1.807, 2.05) is 19.1 Å². The highest BCUT2D eigenvalue weighted by Crippen LogP contribution is 2.28. The number of Topliss-reactive ketones (excluding diaryl/α,β-unsaturated/α-hetero) is 1. The molecule has 0 radical (unpaired) electrons. The van der Waals surface area contributed by atoms with Crippen LogP contribution < -0.4 is 21.6 Å². The molecule has 7 nitrogen and oxygen atoms in total. The molecular weight excluding hydrogens is 358 g/mol. The number of ketones is 1. The Hall–Kier alpha value is -3.61. The zero-order valence-corrected chi connectivity index (χ0v) is 15.7. The fourth-order valence-corrected chi connectivity index (χ4v) is 2.79. The number of anilines is 3. The summed E-state index contributed by atoms with van der Waals surface area (Å²) in [6, 6.07) is 13.1. The maximum absolute atomic E-state index is 12.5. The average Bonchev–Trinajstić information content (AvgIpc) is 2.68. The molecular formula is C21H21N3O4. The van der Waals surface area contributed by atoms with Crippen LogP contribution in [0.4, 0.5) is 21.9 Å². The molecule has 3 aromatic rings. The number of hydrogen-bond acceptors (Lipinski definition) is 5. The van der Waals surface area contributed by atoms with Crippen molar-refractivity contribution in [2.45, 2.75) is 20.3 Å². The van der Waals surface area contributed by atoms with Gasteiger partial charge in [-0.1, -0.05) is 31.2 Å². The van der Waals surface area contributed by atoms with Crippen LogP contribution in [0.25, 0.3) is 11.0 Å². The number of rotatable bonds is 6. The molecule has 0 bridgehead atoms.